The van der Waals surface area contributed by atoms with Crippen LogP contribution in [0.25, 0.3) is 5.69 Å². The van der Waals surface area contributed by atoms with E-state index in [1.165, 1.54) is 37.3 Å². The average Bonchev–Trinajstić information content (AvgIpc) is 3.17. The Morgan fingerprint density at radius 3 is 2.43 bits per heavy atom. The van der Waals surface area contributed by atoms with Crippen molar-refractivity contribution in [2.75, 3.05) is 6.61 Å². The van der Waals surface area contributed by atoms with Crippen LogP contribution in [0.3, 0.4) is 0 Å². The van der Waals surface area contributed by atoms with Crippen LogP contribution in [0.1, 0.15) is 53.9 Å². The van der Waals surface area contributed by atoms with Crippen LogP contribution in [0.15, 0.2) is 42.5 Å². The number of rotatable bonds is 4. The summed E-state index contributed by atoms with van der Waals surface area (Å²) in [7, 11) is 0. The van der Waals surface area contributed by atoms with Gasteiger partial charge in [0.25, 0.3) is 0 Å². The fourth-order valence-corrected chi connectivity index (χ4v) is 4.08. The molecule has 0 saturated heterocycles. The molecule has 6 nitrogen and oxygen atoms in total. The van der Waals surface area contributed by atoms with Gasteiger partial charge in [0, 0.05) is 10.6 Å². The topological polar surface area (TPSA) is 66.2 Å². The number of fused-ring (bicyclic) bond motifs is 3. The number of benzene rings is 2. The van der Waals surface area contributed by atoms with Crippen molar-refractivity contribution in [3.63, 3.8) is 0 Å². The molecule has 1 aromatic heterocycles. The van der Waals surface area contributed by atoms with E-state index < -0.39 is 54.2 Å². The zero-order valence-corrected chi connectivity index (χ0v) is 18.6. The highest BCUT2D eigenvalue weighted by molar-refractivity contribution is 6.30. The standard InChI is InChI=1S/C22H16ClF6N3O3/c1-2-34-17(33)10-16-19-30-31-20(22(27,28)29)32(19)15-8-7-11(23)9-13(15)18(35-16)12-5-3-4-6-14(12)21(24,25)26/h3-9,16,18H,2,10H2,1H3/t16-,18-/m0/s1. The molecule has 0 aliphatic carbocycles. The molecule has 186 valence electrons. The van der Waals surface area contributed by atoms with Crippen molar-refractivity contribution >= 4 is 17.6 Å². The summed E-state index contributed by atoms with van der Waals surface area (Å²) in [5.41, 5.74) is -1.70. The number of nitrogens with zero attached hydrogens (tertiary/aromatic N) is 3. The largest absolute Gasteiger partial charge is 0.466 e. The number of hydrogen-bond acceptors (Lipinski definition) is 5. The van der Waals surface area contributed by atoms with E-state index in [0.717, 1.165) is 12.1 Å². The van der Waals surface area contributed by atoms with Crippen LogP contribution in [0.4, 0.5) is 26.3 Å². The number of alkyl halides is 6. The molecular weight excluding hydrogens is 504 g/mol. The van der Waals surface area contributed by atoms with E-state index in [1.807, 2.05) is 0 Å². The predicted octanol–water partition coefficient (Wildman–Crippen LogP) is 6.07. The maximum atomic E-state index is 13.9. The van der Waals surface area contributed by atoms with Gasteiger partial charge in [0.1, 0.15) is 12.2 Å². The lowest BCUT2D eigenvalue weighted by Crippen LogP contribution is -2.19. The molecule has 35 heavy (non-hydrogen) atoms. The van der Waals surface area contributed by atoms with E-state index in [-0.39, 0.29) is 28.4 Å². The van der Waals surface area contributed by atoms with Gasteiger partial charge in [-0.15, -0.1) is 10.2 Å². The summed E-state index contributed by atoms with van der Waals surface area (Å²) in [5.74, 6) is -2.69. The first-order chi connectivity index (χ1) is 16.4. The van der Waals surface area contributed by atoms with Gasteiger partial charge in [-0.3, -0.25) is 9.36 Å². The molecule has 2 atom stereocenters. The van der Waals surface area contributed by atoms with Crippen molar-refractivity contribution in [3.8, 4) is 5.69 Å². The SMILES string of the molecule is CCOC(=O)C[C@@H]1O[C@@H](c2ccccc2C(F)(F)F)c2cc(Cl)ccc2-n2c1nnc2C(F)(F)F. The zero-order chi connectivity index (χ0) is 25.5. The van der Waals surface area contributed by atoms with Crippen molar-refractivity contribution in [2.45, 2.75) is 37.9 Å². The summed E-state index contributed by atoms with van der Waals surface area (Å²) in [6, 6.07) is 8.19. The molecule has 2 heterocycles. The van der Waals surface area contributed by atoms with Gasteiger partial charge >= 0.3 is 18.3 Å². The molecule has 2 aromatic carbocycles. The molecule has 0 unspecified atom stereocenters. The second-order valence-electron chi connectivity index (χ2n) is 7.52. The van der Waals surface area contributed by atoms with Crippen LogP contribution >= 0.6 is 11.6 Å². The Bertz CT molecular complexity index is 1260. The maximum Gasteiger partial charge on any atom is 0.452 e. The Morgan fingerprint density at radius 2 is 1.77 bits per heavy atom. The van der Waals surface area contributed by atoms with Gasteiger partial charge in [-0.1, -0.05) is 29.8 Å². The van der Waals surface area contributed by atoms with Crippen molar-refractivity contribution in [1.82, 2.24) is 14.8 Å². The highest BCUT2D eigenvalue weighted by atomic mass is 35.5. The lowest BCUT2D eigenvalue weighted by molar-refractivity contribution is -0.149. The van der Waals surface area contributed by atoms with Crippen molar-refractivity contribution in [1.29, 1.82) is 0 Å². The number of esters is 1. The molecule has 0 N–H and O–H groups in total. The maximum absolute atomic E-state index is 13.9. The molecule has 0 spiro atoms. The van der Waals surface area contributed by atoms with Crippen molar-refractivity contribution in [3.05, 3.63) is 75.8 Å². The number of aromatic nitrogens is 3. The summed E-state index contributed by atoms with van der Waals surface area (Å²) >= 11 is 6.09. The van der Waals surface area contributed by atoms with Gasteiger partial charge < -0.3 is 9.47 Å². The molecular formula is C22H16ClF6N3O3. The minimum absolute atomic E-state index is 0.0256. The molecule has 0 radical (unpaired) electrons. The van der Waals surface area contributed by atoms with E-state index in [9.17, 15) is 31.1 Å². The number of carbonyl (C=O) groups excluding carboxylic acids is 1. The van der Waals surface area contributed by atoms with Gasteiger partial charge in [-0.2, -0.15) is 26.3 Å². The second kappa shape index (κ2) is 9.15. The minimum Gasteiger partial charge on any atom is -0.466 e. The Kier molecular flexibility index (Phi) is 6.54. The van der Waals surface area contributed by atoms with Crippen LogP contribution in [0, 0.1) is 0 Å². The third kappa shape index (κ3) is 4.85. The molecule has 0 fully saturated rings. The smallest absolute Gasteiger partial charge is 0.452 e. The van der Waals surface area contributed by atoms with Crippen LogP contribution in [0.2, 0.25) is 5.02 Å². The summed E-state index contributed by atoms with van der Waals surface area (Å²) in [6.45, 7) is 1.50. The first kappa shape index (κ1) is 25.0. The first-order valence-corrected chi connectivity index (χ1v) is 10.6. The van der Waals surface area contributed by atoms with Gasteiger partial charge in [-0.25, -0.2) is 0 Å². The average molecular weight is 520 g/mol. The van der Waals surface area contributed by atoms with Crippen LogP contribution in [0.5, 0.6) is 0 Å². The normalized spacial score (nSPS) is 17.9. The first-order valence-electron chi connectivity index (χ1n) is 10.2. The van der Waals surface area contributed by atoms with Crippen LogP contribution < -0.4 is 0 Å². The summed E-state index contributed by atoms with van der Waals surface area (Å²) in [6.07, 6.45) is -13.5. The lowest BCUT2D eigenvalue weighted by Gasteiger charge is -2.25. The van der Waals surface area contributed by atoms with Crippen molar-refractivity contribution in [2.24, 2.45) is 0 Å². The Morgan fingerprint density at radius 1 is 1.06 bits per heavy atom. The zero-order valence-electron chi connectivity index (χ0n) is 17.8. The molecule has 4 rings (SSSR count). The third-order valence-corrected chi connectivity index (χ3v) is 5.48. The second-order valence-corrected chi connectivity index (χ2v) is 7.95. The van der Waals surface area contributed by atoms with Gasteiger partial charge in [0.15, 0.2) is 5.82 Å². The van der Waals surface area contributed by atoms with Gasteiger partial charge in [0.2, 0.25) is 5.82 Å². The quantitative estimate of drug-likeness (QED) is 0.309. The molecule has 3 aromatic rings. The van der Waals surface area contributed by atoms with Crippen molar-refractivity contribution < 1.29 is 40.6 Å². The van der Waals surface area contributed by atoms with E-state index in [1.54, 1.807) is 0 Å². The molecule has 1 aliphatic rings. The predicted molar refractivity (Wildman–Crippen MR) is 110 cm³/mol. The Labute approximate surface area is 199 Å². The fraction of sp³-hybridized carbons (Fsp3) is 0.318. The highest BCUT2D eigenvalue weighted by Gasteiger charge is 2.45. The monoisotopic (exact) mass is 519 g/mol. The van der Waals surface area contributed by atoms with Crippen LogP contribution in [-0.2, 0) is 26.6 Å². The number of ether oxygens (including phenoxy) is 2. The highest BCUT2D eigenvalue weighted by Crippen LogP contribution is 2.46. The molecule has 0 bridgehead atoms. The lowest BCUT2D eigenvalue weighted by atomic mass is 9.95. The molecule has 1 aliphatic heterocycles. The Hall–Kier alpha value is -3.12. The van der Waals surface area contributed by atoms with Gasteiger partial charge in [-0.05, 0) is 36.8 Å². The van der Waals surface area contributed by atoms with E-state index >= 15 is 0 Å². The van der Waals surface area contributed by atoms with E-state index in [2.05, 4.69) is 10.2 Å². The number of carbonyl (C=O) groups is 1. The molecule has 0 saturated carbocycles. The minimum atomic E-state index is -4.97. The molecule has 0 amide bonds. The summed E-state index contributed by atoms with van der Waals surface area (Å²) in [4.78, 5) is 12.3. The fourth-order valence-electron chi connectivity index (χ4n) is 3.90. The number of hydrogen-bond donors (Lipinski definition) is 0. The van der Waals surface area contributed by atoms with Gasteiger partial charge in [0.05, 0.1) is 24.3 Å². The molecule has 13 heteroatoms. The third-order valence-electron chi connectivity index (χ3n) is 5.25. The van der Waals surface area contributed by atoms with Crippen LogP contribution in [-0.4, -0.2) is 27.3 Å². The Balaban J connectivity index is 2.00. The summed E-state index contributed by atoms with van der Waals surface area (Å²) in [5, 5.41) is 6.89. The number of halogens is 7. The van der Waals surface area contributed by atoms with E-state index in [4.69, 9.17) is 21.1 Å². The summed E-state index contributed by atoms with van der Waals surface area (Å²) < 4.78 is 94.5. The van der Waals surface area contributed by atoms with E-state index in [0.29, 0.717) is 4.57 Å².